The zero-order chi connectivity index (χ0) is 23.7. The topological polar surface area (TPSA) is 67.9 Å². The van der Waals surface area contributed by atoms with Gasteiger partial charge in [0.15, 0.2) is 11.5 Å². The predicted octanol–water partition coefficient (Wildman–Crippen LogP) is 5.25. The highest BCUT2D eigenvalue weighted by atomic mass is 16.5. The van der Waals surface area contributed by atoms with E-state index in [0.29, 0.717) is 28.3 Å². The molecule has 6 heteroatoms. The Morgan fingerprint density at radius 3 is 2.18 bits per heavy atom. The number of imide groups is 1. The van der Waals surface area contributed by atoms with Crippen LogP contribution in [0, 0.1) is 0 Å². The third-order valence-electron chi connectivity index (χ3n) is 5.82. The molecule has 0 bridgehead atoms. The predicted molar refractivity (Wildman–Crippen MR) is 133 cm³/mol. The Balaban J connectivity index is 1.63. The van der Waals surface area contributed by atoms with Crippen LogP contribution in [0.2, 0.25) is 0 Å². The van der Waals surface area contributed by atoms with Gasteiger partial charge < -0.3 is 14.8 Å². The van der Waals surface area contributed by atoms with Crippen LogP contribution in [0.15, 0.2) is 96.7 Å². The molecule has 0 spiro atoms. The molecular formula is C28H22N2O4. The largest absolute Gasteiger partial charge is 0.493 e. The molecule has 0 atom stereocenters. The second kappa shape index (κ2) is 8.75. The van der Waals surface area contributed by atoms with E-state index in [4.69, 9.17) is 9.47 Å². The highest BCUT2D eigenvalue weighted by Crippen LogP contribution is 2.38. The molecule has 1 aliphatic heterocycles. The van der Waals surface area contributed by atoms with Gasteiger partial charge in [-0.25, -0.2) is 4.90 Å². The van der Waals surface area contributed by atoms with Crippen LogP contribution >= 0.6 is 0 Å². The fourth-order valence-corrected chi connectivity index (χ4v) is 4.19. The zero-order valence-electron chi connectivity index (χ0n) is 18.7. The van der Waals surface area contributed by atoms with Crippen LogP contribution in [-0.4, -0.2) is 26.0 Å². The summed E-state index contributed by atoms with van der Waals surface area (Å²) in [6, 6.07) is 27.9. The molecule has 4 aromatic carbocycles. The minimum Gasteiger partial charge on any atom is -0.493 e. The number of carbonyl (C=O) groups is 2. The number of hydrogen-bond acceptors (Lipinski definition) is 5. The van der Waals surface area contributed by atoms with Gasteiger partial charge in [-0.15, -0.1) is 0 Å². The van der Waals surface area contributed by atoms with Gasteiger partial charge in [0, 0.05) is 17.1 Å². The number of benzene rings is 4. The van der Waals surface area contributed by atoms with Gasteiger partial charge in [0.2, 0.25) is 0 Å². The Hall–Kier alpha value is -4.58. The third-order valence-corrected chi connectivity index (χ3v) is 5.82. The second-order valence-electron chi connectivity index (χ2n) is 7.75. The summed E-state index contributed by atoms with van der Waals surface area (Å²) in [6.45, 7) is 0. The number of methoxy groups -OCH3 is 2. The summed E-state index contributed by atoms with van der Waals surface area (Å²) in [6.07, 6.45) is 0. The Bertz CT molecular complexity index is 1440. The maximum atomic E-state index is 13.7. The van der Waals surface area contributed by atoms with E-state index in [1.54, 1.807) is 18.2 Å². The van der Waals surface area contributed by atoms with E-state index in [1.807, 2.05) is 72.8 Å². The van der Waals surface area contributed by atoms with E-state index in [0.717, 1.165) is 21.4 Å². The van der Waals surface area contributed by atoms with E-state index in [1.165, 1.54) is 14.2 Å². The van der Waals surface area contributed by atoms with Crippen molar-refractivity contribution in [2.24, 2.45) is 0 Å². The molecule has 1 heterocycles. The number of amides is 2. The first-order valence-corrected chi connectivity index (χ1v) is 10.8. The van der Waals surface area contributed by atoms with Gasteiger partial charge in [0.05, 0.1) is 25.5 Å². The lowest BCUT2D eigenvalue weighted by atomic mass is 10.0. The molecule has 0 aromatic heterocycles. The average Bonchev–Trinajstić information content (AvgIpc) is 3.13. The van der Waals surface area contributed by atoms with E-state index < -0.39 is 11.8 Å². The first-order valence-electron chi connectivity index (χ1n) is 10.8. The standard InChI is InChI=1S/C28H22N2O4/c1-33-23-16-15-20(17-24(23)34-2)30-27(31)25(19-10-4-3-5-11-19)26(28(30)32)29-22-14-8-12-18-9-6-7-13-21(18)22/h3-17,29H,1-2H3. The lowest BCUT2D eigenvalue weighted by molar-refractivity contribution is -0.120. The Labute approximate surface area is 197 Å². The summed E-state index contributed by atoms with van der Waals surface area (Å²) in [5.41, 5.74) is 2.34. The molecular weight excluding hydrogens is 428 g/mol. The molecule has 1 aliphatic rings. The Morgan fingerprint density at radius 2 is 1.41 bits per heavy atom. The fourth-order valence-electron chi connectivity index (χ4n) is 4.19. The molecule has 0 aliphatic carbocycles. The van der Waals surface area contributed by atoms with Crippen molar-refractivity contribution in [3.05, 3.63) is 102 Å². The van der Waals surface area contributed by atoms with Crippen molar-refractivity contribution in [3.63, 3.8) is 0 Å². The molecule has 5 rings (SSSR count). The van der Waals surface area contributed by atoms with Crippen molar-refractivity contribution in [1.29, 1.82) is 0 Å². The third kappa shape index (κ3) is 3.55. The monoisotopic (exact) mass is 450 g/mol. The van der Waals surface area contributed by atoms with Crippen molar-refractivity contribution in [1.82, 2.24) is 0 Å². The van der Waals surface area contributed by atoms with E-state index in [2.05, 4.69) is 5.32 Å². The van der Waals surface area contributed by atoms with Crippen LogP contribution in [-0.2, 0) is 9.59 Å². The van der Waals surface area contributed by atoms with Crippen LogP contribution in [0.25, 0.3) is 16.3 Å². The Kier molecular flexibility index (Phi) is 5.47. The molecule has 2 amide bonds. The quantitative estimate of drug-likeness (QED) is 0.406. The average molecular weight is 450 g/mol. The van der Waals surface area contributed by atoms with Gasteiger partial charge >= 0.3 is 0 Å². The molecule has 0 fully saturated rings. The lowest BCUT2D eigenvalue weighted by Crippen LogP contribution is -2.32. The number of carbonyl (C=O) groups excluding carboxylic acids is 2. The minimum absolute atomic E-state index is 0.224. The van der Waals surface area contributed by atoms with Crippen molar-refractivity contribution in [3.8, 4) is 11.5 Å². The van der Waals surface area contributed by atoms with Crippen LogP contribution in [0.5, 0.6) is 11.5 Å². The van der Waals surface area contributed by atoms with Gasteiger partial charge in [0.1, 0.15) is 5.70 Å². The minimum atomic E-state index is -0.441. The summed E-state index contributed by atoms with van der Waals surface area (Å²) < 4.78 is 10.7. The summed E-state index contributed by atoms with van der Waals surface area (Å²) >= 11 is 0. The van der Waals surface area contributed by atoms with Crippen molar-refractivity contribution < 1.29 is 19.1 Å². The molecule has 0 saturated carbocycles. The highest BCUT2D eigenvalue weighted by Gasteiger charge is 2.40. The molecule has 0 radical (unpaired) electrons. The van der Waals surface area contributed by atoms with Gasteiger partial charge in [-0.1, -0.05) is 66.7 Å². The van der Waals surface area contributed by atoms with E-state index in [-0.39, 0.29) is 5.70 Å². The van der Waals surface area contributed by atoms with E-state index >= 15 is 0 Å². The van der Waals surface area contributed by atoms with Gasteiger partial charge in [-0.2, -0.15) is 0 Å². The summed E-state index contributed by atoms with van der Waals surface area (Å²) in [4.78, 5) is 28.5. The number of hydrogen-bond donors (Lipinski definition) is 1. The number of ether oxygens (including phenoxy) is 2. The number of rotatable bonds is 6. The van der Waals surface area contributed by atoms with Crippen LogP contribution < -0.4 is 19.7 Å². The molecule has 1 N–H and O–H groups in total. The first-order chi connectivity index (χ1) is 16.6. The first kappa shape index (κ1) is 21.3. The molecule has 168 valence electrons. The summed E-state index contributed by atoms with van der Waals surface area (Å²) in [5, 5.41) is 5.26. The lowest BCUT2D eigenvalue weighted by Gasteiger charge is -2.17. The molecule has 4 aromatic rings. The van der Waals surface area contributed by atoms with Crippen molar-refractivity contribution in [2.45, 2.75) is 0 Å². The fraction of sp³-hybridized carbons (Fsp3) is 0.0714. The van der Waals surface area contributed by atoms with Crippen molar-refractivity contribution >= 4 is 39.5 Å². The molecule has 0 saturated heterocycles. The number of nitrogens with zero attached hydrogens (tertiary/aromatic N) is 1. The smallest absolute Gasteiger partial charge is 0.282 e. The second-order valence-corrected chi connectivity index (χ2v) is 7.75. The number of anilines is 2. The van der Waals surface area contributed by atoms with Crippen molar-refractivity contribution in [2.75, 3.05) is 24.4 Å². The summed E-state index contributed by atoms with van der Waals surface area (Å²) in [5.74, 6) is 0.0863. The van der Waals surface area contributed by atoms with E-state index in [9.17, 15) is 9.59 Å². The van der Waals surface area contributed by atoms with Crippen LogP contribution in [0.1, 0.15) is 5.56 Å². The molecule has 0 unspecified atom stereocenters. The van der Waals surface area contributed by atoms with Gasteiger partial charge in [-0.05, 0) is 29.1 Å². The Morgan fingerprint density at radius 1 is 0.706 bits per heavy atom. The number of nitrogens with one attached hydrogen (secondary N) is 1. The van der Waals surface area contributed by atoms with Gasteiger partial charge in [0.25, 0.3) is 11.8 Å². The van der Waals surface area contributed by atoms with Gasteiger partial charge in [-0.3, -0.25) is 9.59 Å². The highest BCUT2D eigenvalue weighted by molar-refractivity contribution is 6.46. The van der Waals surface area contributed by atoms with Crippen LogP contribution in [0.4, 0.5) is 11.4 Å². The maximum absolute atomic E-state index is 13.7. The van der Waals surface area contributed by atoms with Crippen LogP contribution in [0.3, 0.4) is 0 Å². The normalized spacial score (nSPS) is 13.5. The number of fused-ring (bicyclic) bond motifs is 1. The SMILES string of the molecule is COc1ccc(N2C(=O)C(Nc3cccc4ccccc34)=C(c3ccccc3)C2=O)cc1OC. The molecule has 34 heavy (non-hydrogen) atoms. The zero-order valence-corrected chi connectivity index (χ0v) is 18.7. The summed E-state index contributed by atoms with van der Waals surface area (Å²) in [7, 11) is 3.04. The maximum Gasteiger partial charge on any atom is 0.282 e. The molecule has 6 nitrogen and oxygen atoms in total.